The Kier molecular flexibility index (Phi) is 6.47. The van der Waals surface area contributed by atoms with Gasteiger partial charge in [0.25, 0.3) is 5.69 Å². The summed E-state index contributed by atoms with van der Waals surface area (Å²) >= 11 is 0. The zero-order valence-electron chi connectivity index (χ0n) is 10.4. The van der Waals surface area contributed by atoms with Crippen molar-refractivity contribution >= 4 is 24.1 Å². The van der Waals surface area contributed by atoms with E-state index in [1.54, 1.807) is 0 Å². The van der Waals surface area contributed by atoms with E-state index in [2.05, 4.69) is 4.74 Å². The lowest BCUT2D eigenvalue weighted by atomic mass is 10.0. The number of ether oxygens (including phenoxy) is 1. The number of hydrogen-bond donors (Lipinski definition) is 1. The van der Waals surface area contributed by atoms with Crippen molar-refractivity contribution in [2.24, 2.45) is 5.73 Å². The highest BCUT2D eigenvalue weighted by Gasteiger charge is 2.48. The molecule has 0 bridgehead atoms. The van der Waals surface area contributed by atoms with Gasteiger partial charge >= 0.3 is 11.9 Å². The van der Waals surface area contributed by atoms with E-state index in [1.165, 1.54) is 19.1 Å². The van der Waals surface area contributed by atoms with Crippen LogP contribution in [0.25, 0.3) is 0 Å². The Morgan fingerprint density at radius 1 is 1.55 bits per heavy atom. The lowest BCUT2D eigenvalue weighted by molar-refractivity contribution is -0.385. The number of carbonyl (C=O) groups is 1. The molecule has 2 N–H and O–H groups in total. The first-order valence-electron chi connectivity index (χ1n) is 5.35. The maximum atomic E-state index is 13.6. The number of alkyl halides is 2. The van der Waals surface area contributed by atoms with Gasteiger partial charge < -0.3 is 10.5 Å². The molecule has 0 amide bonds. The van der Waals surface area contributed by atoms with Crippen LogP contribution < -0.4 is 5.73 Å². The lowest BCUT2D eigenvalue weighted by Crippen LogP contribution is -2.41. The number of nitro benzene ring substituents is 1. The predicted octanol–water partition coefficient (Wildman–Crippen LogP) is 2.21. The van der Waals surface area contributed by atoms with Gasteiger partial charge in [-0.1, -0.05) is 12.1 Å². The summed E-state index contributed by atoms with van der Waals surface area (Å²) in [6.45, 7) is 1.17. The molecule has 112 valence electrons. The Labute approximate surface area is 119 Å². The number of nitro groups is 1. The van der Waals surface area contributed by atoms with Crippen molar-refractivity contribution in [1.82, 2.24) is 0 Å². The molecule has 0 heterocycles. The smallest absolute Gasteiger partial charge is 0.379 e. The molecule has 0 unspecified atom stereocenters. The molecule has 1 rings (SSSR count). The Bertz CT molecular complexity index is 499. The number of nitrogens with two attached hydrogens (primary N) is 1. The minimum Gasteiger partial charge on any atom is -0.462 e. The van der Waals surface area contributed by atoms with E-state index in [9.17, 15) is 23.7 Å². The third kappa shape index (κ3) is 3.84. The van der Waals surface area contributed by atoms with Gasteiger partial charge in [0.2, 0.25) is 0 Å². The van der Waals surface area contributed by atoms with Crippen molar-refractivity contribution in [2.75, 3.05) is 6.61 Å². The second-order valence-corrected chi connectivity index (χ2v) is 3.67. The van der Waals surface area contributed by atoms with Crippen LogP contribution in [0.1, 0.15) is 18.5 Å². The first-order valence-corrected chi connectivity index (χ1v) is 5.35. The fraction of sp³-hybridized carbons (Fsp3) is 0.364. The summed E-state index contributed by atoms with van der Waals surface area (Å²) in [5.41, 5.74) is 4.70. The van der Waals surface area contributed by atoms with Gasteiger partial charge in [0.05, 0.1) is 11.5 Å². The molecule has 1 aromatic carbocycles. The van der Waals surface area contributed by atoms with Gasteiger partial charge in [0.1, 0.15) is 6.04 Å². The van der Waals surface area contributed by atoms with Gasteiger partial charge in [0, 0.05) is 12.1 Å². The largest absolute Gasteiger partial charge is 0.462 e. The Morgan fingerprint density at radius 3 is 2.65 bits per heavy atom. The quantitative estimate of drug-likeness (QED) is 0.511. The molecule has 9 heteroatoms. The van der Waals surface area contributed by atoms with E-state index in [1.807, 2.05) is 0 Å². The second kappa shape index (κ2) is 7.11. The van der Waals surface area contributed by atoms with Gasteiger partial charge in [0.15, 0.2) is 0 Å². The monoisotopic (exact) mass is 310 g/mol. The number of esters is 1. The van der Waals surface area contributed by atoms with E-state index in [4.69, 9.17) is 5.73 Å². The van der Waals surface area contributed by atoms with Crippen LogP contribution in [0.5, 0.6) is 0 Å². The van der Waals surface area contributed by atoms with Crippen LogP contribution in [-0.4, -0.2) is 23.4 Å². The molecule has 0 aliphatic rings. The summed E-state index contributed by atoms with van der Waals surface area (Å²) < 4.78 is 31.5. The average molecular weight is 311 g/mol. The summed E-state index contributed by atoms with van der Waals surface area (Å²) in [7, 11) is 0. The molecule has 0 spiro atoms. The van der Waals surface area contributed by atoms with Crippen molar-refractivity contribution in [3.05, 3.63) is 39.9 Å². The predicted molar refractivity (Wildman–Crippen MR) is 68.9 cm³/mol. The van der Waals surface area contributed by atoms with E-state index in [0.717, 1.165) is 12.1 Å². The number of hydrogen-bond acceptors (Lipinski definition) is 5. The Hall–Kier alpha value is -1.80. The summed E-state index contributed by atoms with van der Waals surface area (Å²) in [6, 6.07) is 2.43. The van der Waals surface area contributed by atoms with E-state index in [-0.39, 0.29) is 30.3 Å². The van der Waals surface area contributed by atoms with Crippen molar-refractivity contribution in [3.8, 4) is 0 Å². The van der Waals surface area contributed by atoms with Crippen LogP contribution in [0.4, 0.5) is 14.5 Å². The molecule has 0 saturated carbocycles. The van der Waals surface area contributed by atoms with Crippen LogP contribution in [0.2, 0.25) is 0 Å². The summed E-state index contributed by atoms with van der Waals surface area (Å²) in [5, 5.41) is 10.5. The van der Waals surface area contributed by atoms with Crippen LogP contribution in [-0.2, 0) is 9.53 Å². The highest BCUT2D eigenvalue weighted by molar-refractivity contribution is 5.85. The average Bonchev–Trinajstić information content (AvgIpc) is 2.38. The highest BCUT2D eigenvalue weighted by Crippen LogP contribution is 2.32. The molecule has 6 nitrogen and oxygen atoms in total. The lowest BCUT2D eigenvalue weighted by Gasteiger charge is -2.21. The molecular weight excluding hydrogens is 298 g/mol. The summed E-state index contributed by atoms with van der Waals surface area (Å²) in [6.07, 6.45) is 0. The zero-order chi connectivity index (χ0) is 14.6. The molecule has 20 heavy (non-hydrogen) atoms. The molecule has 1 aromatic rings. The van der Waals surface area contributed by atoms with Crippen LogP contribution in [0, 0.1) is 10.1 Å². The third-order valence-electron chi connectivity index (χ3n) is 2.38. The molecule has 0 fully saturated rings. The third-order valence-corrected chi connectivity index (χ3v) is 2.38. The van der Waals surface area contributed by atoms with E-state index in [0.29, 0.717) is 0 Å². The Morgan fingerprint density at radius 2 is 2.15 bits per heavy atom. The van der Waals surface area contributed by atoms with Crippen molar-refractivity contribution in [2.45, 2.75) is 18.9 Å². The summed E-state index contributed by atoms with van der Waals surface area (Å²) in [5.74, 6) is -5.71. The van der Waals surface area contributed by atoms with Gasteiger partial charge in [-0.05, 0) is 12.5 Å². The number of non-ortho nitro benzene ring substituents is 1. The van der Waals surface area contributed by atoms with Crippen molar-refractivity contribution in [1.29, 1.82) is 0 Å². The molecule has 0 aliphatic heterocycles. The fourth-order valence-electron chi connectivity index (χ4n) is 1.40. The second-order valence-electron chi connectivity index (χ2n) is 3.67. The first kappa shape index (κ1) is 18.2. The molecule has 0 aliphatic carbocycles. The SMILES string of the molecule is CCOC(=O)C(F)(F)[C@H](N)c1cccc([N+](=O)[O-])c1.Cl. The maximum absolute atomic E-state index is 13.6. The first-order chi connectivity index (χ1) is 8.80. The fourth-order valence-corrected chi connectivity index (χ4v) is 1.40. The topological polar surface area (TPSA) is 95.5 Å². The number of benzene rings is 1. The van der Waals surface area contributed by atoms with Gasteiger partial charge in [-0.25, -0.2) is 4.79 Å². The summed E-state index contributed by atoms with van der Waals surface area (Å²) in [4.78, 5) is 20.9. The van der Waals surface area contributed by atoms with Gasteiger partial charge in [-0.3, -0.25) is 10.1 Å². The molecule has 1 atom stereocenters. The van der Waals surface area contributed by atoms with Crippen molar-refractivity contribution in [3.63, 3.8) is 0 Å². The number of halogens is 3. The van der Waals surface area contributed by atoms with Crippen molar-refractivity contribution < 1.29 is 23.2 Å². The normalized spacial score (nSPS) is 12.2. The molecule has 0 aromatic heterocycles. The van der Waals surface area contributed by atoms with Crippen LogP contribution in [0.15, 0.2) is 24.3 Å². The number of nitrogens with zero attached hydrogens (tertiary/aromatic N) is 1. The van der Waals surface area contributed by atoms with E-state index < -0.39 is 22.9 Å². The maximum Gasteiger partial charge on any atom is 0.379 e. The van der Waals surface area contributed by atoms with Crippen LogP contribution in [0.3, 0.4) is 0 Å². The highest BCUT2D eigenvalue weighted by atomic mass is 35.5. The zero-order valence-corrected chi connectivity index (χ0v) is 11.2. The molecule has 0 saturated heterocycles. The minimum atomic E-state index is -3.95. The minimum absolute atomic E-state index is 0. The van der Waals surface area contributed by atoms with Gasteiger partial charge in [-0.2, -0.15) is 8.78 Å². The number of carbonyl (C=O) groups excluding carboxylic acids is 1. The Balaban J connectivity index is 0.00000361. The molecule has 0 radical (unpaired) electrons. The van der Waals surface area contributed by atoms with E-state index >= 15 is 0 Å². The van der Waals surface area contributed by atoms with Gasteiger partial charge in [-0.15, -0.1) is 12.4 Å². The number of rotatable bonds is 5. The standard InChI is InChI=1S/C11H12F2N2O4.ClH/c1-2-19-10(16)11(12,13)9(14)7-4-3-5-8(6-7)15(17)18;/h3-6,9H,2,14H2,1H3;1H/t9-;/m1./s1. The van der Waals surface area contributed by atoms with Crippen LogP contribution >= 0.6 is 12.4 Å². The molecular formula is C11H13ClF2N2O4.